The van der Waals surface area contributed by atoms with Gasteiger partial charge in [0.25, 0.3) is 0 Å². The zero-order valence-corrected chi connectivity index (χ0v) is 12.5. The minimum atomic E-state index is -0.879. The highest BCUT2D eigenvalue weighted by atomic mass is 79.9. The van der Waals surface area contributed by atoms with Crippen LogP contribution in [0.1, 0.15) is 30.7 Å². The molecule has 0 unspecified atom stereocenters. The first-order valence-corrected chi connectivity index (χ1v) is 7.66. The van der Waals surface area contributed by atoms with Gasteiger partial charge in [-0.2, -0.15) is 0 Å². The minimum absolute atomic E-state index is 0.0138. The lowest BCUT2D eigenvalue weighted by molar-refractivity contribution is -0.148. The van der Waals surface area contributed by atoms with E-state index in [1.807, 2.05) is 24.3 Å². The van der Waals surface area contributed by atoms with Crippen molar-refractivity contribution in [1.29, 1.82) is 0 Å². The summed E-state index contributed by atoms with van der Waals surface area (Å²) >= 11 is 3.44. The van der Waals surface area contributed by atoms with Gasteiger partial charge in [-0.15, -0.1) is 0 Å². The Morgan fingerprint density at radius 1 is 1.35 bits per heavy atom. The molecule has 1 aromatic rings. The summed E-state index contributed by atoms with van der Waals surface area (Å²) in [5, 5.41) is 9.15. The monoisotopic (exact) mass is 337 g/mol. The van der Waals surface area contributed by atoms with Gasteiger partial charge in [-0.1, -0.05) is 28.1 Å². The topological polar surface area (TPSA) is 57.6 Å². The summed E-state index contributed by atoms with van der Waals surface area (Å²) in [6.07, 6.45) is 2.20. The molecular formula is C15H16BrNO3. The van der Waals surface area contributed by atoms with Crippen LogP contribution in [0.25, 0.3) is 0 Å². The Kier molecular flexibility index (Phi) is 3.54. The molecule has 1 heterocycles. The van der Waals surface area contributed by atoms with Crippen LogP contribution in [0.15, 0.2) is 28.7 Å². The molecule has 0 bridgehead atoms. The van der Waals surface area contributed by atoms with E-state index in [9.17, 15) is 9.59 Å². The van der Waals surface area contributed by atoms with E-state index < -0.39 is 12.0 Å². The normalized spacial score (nSPS) is 28.4. The Hall–Kier alpha value is -1.36. The number of hydrogen-bond donors (Lipinski definition) is 1. The second-order valence-electron chi connectivity index (χ2n) is 5.53. The van der Waals surface area contributed by atoms with E-state index in [0.29, 0.717) is 13.0 Å². The van der Waals surface area contributed by atoms with Gasteiger partial charge in [0.2, 0.25) is 5.91 Å². The second kappa shape index (κ2) is 5.20. The Morgan fingerprint density at radius 3 is 2.85 bits per heavy atom. The van der Waals surface area contributed by atoms with Crippen molar-refractivity contribution in [2.24, 2.45) is 5.92 Å². The second-order valence-corrected chi connectivity index (χ2v) is 6.45. The third kappa shape index (κ3) is 2.46. The predicted octanol–water partition coefficient (Wildman–Crippen LogP) is 2.63. The zero-order chi connectivity index (χ0) is 14.3. The maximum atomic E-state index is 12.4. The molecule has 4 nitrogen and oxygen atoms in total. The number of hydrogen-bond acceptors (Lipinski definition) is 2. The molecule has 0 radical (unpaired) electrons. The quantitative estimate of drug-likeness (QED) is 0.922. The molecule has 1 saturated heterocycles. The fourth-order valence-electron chi connectivity index (χ4n) is 3.07. The van der Waals surface area contributed by atoms with E-state index in [0.717, 1.165) is 22.9 Å². The number of likely N-dealkylation sites (tertiary alicyclic amines) is 1. The van der Waals surface area contributed by atoms with Gasteiger partial charge < -0.3 is 10.0 Å². The summed E-state index contributed by atoms with van der Waals surface area (Å²) in [6.45, 7) is 0.581. The molecule has 1 aromatic carbocycles. The number of benzene rings is 1. The molecule has 2 aliphatic rings. The third-order valence-electron chi connectivity index (χ3n) is 4.21. The SMILES string of the molecule is O=C(O)[C@H]1CCCN1C(=O)[C@H]1C[C@@H]1c1cccc(Br)c1. The summed E-state index contributed by atoms with van der Waals surface area (Å²) in [5.41, 5.74) is 1.16. The van der Waals surface area contributed by atoms with E-state index in [-0.39, 0.29) is 17.7 Å². The van der Waals surface area contributed by atoms with Crippen molar-refractivity contribution in [2.75, 3.05) is 6.54 Å². The van der Waals surface area contributed by atoms with Crippen LogP contribution in [0.4, 0.5) is 0 Å². The van der Waals surface area contributed by atoms with Crippen molar-refractivity contribution < 1.29 is 14.7 Å². The first kappa shape index (κ1) is 13.6. The lowest BCUT2D eigenvalue weighted by Gasteiger charge is -2.21. The predicted molar refractivity (Wildman–Crippen MR) is 77.4 cm³/mol. The van der Waals surface area contributed by atoms with Gasteiger partial charge in [0, 0.05) is 16.9 Å². The fraction of sp³-hybridized carbons (Fsp3) is 0.467. The van der Waals surface area contributed by atoms with Gasteiger partial charge in [0.15, 0.2) is 0 Å². The third-order valence-corrected chi connectivity index (χ3v) is 4.70. The molecule has 1 N–H and O–H groups in total. The standard InChI is InChI=1S/C15H16BrNO3/c16-10-4-1-3-9(7-10)11-8-12(11)14(18)17-6-2-5-13(17)15(19)20/h1,3-4,7,11-13H,2,5-6,8H2,(H,19,20)/t11-,12+,13-/m1/s1. The highest BCUT2D eigenvalue weighted by Gasteiger charge is 2.48. The van der Waals surface area contributed by atoms with E-state index in [1.165, 1.54) is 0 Å². The highest BCUT2D eigenvalue weighted by molar-refractivity contribution is 9.10. The van der Waals surface area contributed by atoms with Gasteiger partial charge in [-0.05, 0) is 42.9 Å². The number of carboxylic acids is 1. The molecule has 0 aromatic heterocycles. The number of carboxylic acid groups (broad SMARTS) is 1. The van der Waals surface area contributed by atoms with Crippen molar-refractivity contribution in [2.45, 2.75) is 31.2 Å². The highest BCUT2D eigenvalue weighted by Crippen LogP contribution is 2.49. The van der Waals surface area contributed by atoms with Crippen LogP contribution in [-0.4, -0.2) is 34.5 Å². The van der Waals surface area contributed by atoms with Crippen LogP contribution in [0.2, 0.25) is 0 Å². The molecule has 1 aliphatic carbocycles. The van der Waals surface area contributed by atoms with Crippen LogP contribution in [-0.2, 0) is 9.59 Å². The Bertz CT molecular complexity index is 560. The number of carbonyl (C=O) groups excluding carboxylic acids is 1. The molecule has 3 rings (SSSR count). The van der Waals surface area contributed by atoms with Gasteiger partial charge in [-0.3, -0.25) is 4.79 Å². The fourth-order valence-corrected chi connectivity index (χ4v) is 3.49. The number of nitrogens with zero attached hydrogens (tertiary/aromatic N) is 1. The van der Waals surface area contributed by atoms with Gasteiger partial charge in [-0.25, -0.2) is 4.79 Å². The van der Waals surface area contributed by atoms with Gasteiger partial charge in [0.05, 0.1) is 0 Å². The van der Waals surface area contributed by atoms with E-state index in [1.54, 1.807) is 4.90 Å². The van der Waals surface area contributed by atoms with Crippen molar-refractivity contribution in [3.8, 4) is 0 Å². The van der Waals surface area contributed by atoms with Crippen LogP contribution in [0.5, 0.6) is 0 Å². The lowest BCUT2D eigenvalue weighted by Crippen LogP contribution is -2.41. The first-order valence-electron chi connectivity index (χ1n) is 6.86. The summed E-state index contributed by atoms with van der Waals surface area (Å²) in [7, 11) is 0. The van der Waals surface area contributed by atoms with E-state index >= 15 is 0 Å². The number of aliphatic carboxylic acids is 1. The van der Waals surface area contributed by atoms with E-state index in [2.05, 4.69) is 15.9 Å². The van der Waals surface area contributed by atoms with Crippen LogP contribution >= 0.6 is 15.9 Å². The number of halogens is 1. The Morgan fingerprint density at radius 2 is 2.15 bits per heavy atom. The summed E-state index contributed by atoms with van der Waals surface area (Å²) in [5.74, 6) is -0.658. The average Bonchev–Trinajstić information content (AvgIpc) is 3.06. The number of carbonyl (C=O) groups is 2. The smallest absolute Gasteiger partial charge is 0.326 e. The molecular weight excluding hydrogens is 322 g/mol. The number of rotatable bonds is 3. The number of amides is 1. The average molecular weight is 338 g/mol. The minimum Gasteiger partial charge on any atom is -0.480 e. The molecule has 3 atom stereocenters. The van der Waals surface area contributed by atoms with Crippen LogP contribution < -0.4 is 0 Å². The maximum absolute atomic E-state index is 12.4. The lowest BCUT2D eigenvalue weighted by atomic mass is 10.1. The molecule has 1 aliphatic heterocycles. The molecule has 0 spiro atoms. The van der Waals surface area contributed by atoms with Crippen molar-refractivity contribution >= 4 is 27.8 Å². The maximum Gasteiger partial charge on any atom is 0.326 e. The molecule has 106 valence electrons. The summed E-state index contributed by atoms with van der Waals surface area (Å²) in [6, 6.07) is 7.38. The van der Waals surface area contributed by atoms with Crippen LogP contribution in [0, 0.1) is 5.92 Å². The largest absolute Gasteiger partial charge is 0.480 e. The van der Waals surface area contributed by atoms with Gasteiger partial charge in [0.1, 0.15) is 6.04 Å². The van der Waals surface area contributed by atoms with Crippen molar-refractivity contribution in [1.82, 2.24) is 4.90 Å². The van der Waals surface area contributed by atoms with Crippen molar-refractivity contribution in [3.63, 3.8) is 0 Å². The van der Waals surface area contributed by atoms with E-state index in [4.69, 9.17) is 5.11 Å². The molecule has 20 heavy (non-hydrogen) atoms. The summed E-state index contributed by atoms with van der Waals surface area (Å²) in [4.78, 5) is 25.2. The Labute approximate surface area is 125 Å². The summed E-state index contributed by atoms with van der Waals surface area (Å²) < 4.78 is 1.01. The molecule has 1 amide bonds. The molecule has 5 heteroatoms. The zero-order valence-electron chi connectivity index (χ0n) is 11.0. The van der Waals surface area contributed by atoms with Gasteiger partial charge >= 0.3 is 5.97 Å². The van der Waals surface area contributed by atoms with Crippen molar-refractivity contribution in [3.05, 3.63) is 34.3 Å². The van der Waals surface area contributed by atoms with Crippen LogP contribution in [0.3, 0.4) is 0 Å². The first-order chi connectivity index (χ1) is 9.58. The Balaban J connectivity index is 1.70. The molecule has 1 saturated carbocycles. The molecule has 2 fully saturated rings.